The lowest BCUT2D eigenvalue weighted by Crippen LogP contribution is -2.48. The molecule has 1 aromatic rings. The minimum Gasteiger partial charge on any atom is -0.348 e. The van der Waals surface area contributed by atoms with E-state index in [4.69, 9.17) is 0 Å². The molecule has 0 bridgehead atoms. The van der Waals surface area contributed by atoms with Crippen LogP contribution in [0.2, 0.25) is 0 Å². The lowest BCUT2D eigenvalue weighted by Gasteiger charge is -2.39. The standard InChI is InChI=1S/C16H20N2O/c1-11-4-6-14(7-5-11)13(3)18-15(19)16(10-17)8-12(2)9-16/h4-7,12-13H,8-9H2,1-3H3,(H,18,19). The van der Waals surface area contributed by atoms with Crippen LogP contribution < -0.4 is 5.32 Å². The minimum absolute atomic E-state index is 0.0609. The fourth-order valence-corrected chi connectivity index (χ4v) is 2.73. The molecule has 1 N–H and O–H groups in total. The molecule has 1 saturated carbocycles. The van der Waals surface area contributed by atoms with E-state index in [-0.39, 0.29) is 11.9 Å². The van der Waals surface area contributed by atoms with Crippen LogP contribution in [-0.4, -0.2) is 5.91 Å². The Morgan fingerprint density at radius 1 is 1.42 bits per heavy atom. The molecular weight excluding hydrogens is 236 g/mol. The summed E-state index contributed by atoms with van der Waals surface area (Å²) in [7, 11) is 0. The lowest BCUT2D eigenvalue weighted by atomic mass is 9.63. The Kier molecular flexibility index (Phi) is 3.61. The van der Waals surface area contributed by atoms with Crippen LogP contribution >= 0.6 is 0 Å². The summed E-state index contributed by atoms with van der Waals surface area (Å²) in [5.74, 6) is 0.348. The van der Waals surface area contributed by atoms with Crippen LogP contribution in [0.15, 0.2) is 24.3 Å². The molecule has 0 radical (unpaired) electrons. The molecule has 2 rings (SSSR count). The lowest BCUT2D eigenvalue weighted by molar-refractivity contribution is -0.134. The zero-order valence-electron chi connectivity index (χ0n) is 11.7. The summed E-state index contributed by atoms with van der Waals surface area (Å²) in [6.07, 6.45) is 1.35. The summed E-state index contributed by atoms with van der Waals surface area (Å²) in [5.41, 5.74) is 1.47. The number of rotatable bonds is 3. The number of amides is 1. The maximum absolute atomic E-state index is 12.2. The molecule has 0 aliphatic heterocycles. The van der Waals surface area contributed by atoms with E-state index in [9.17, 15) is 10.1 Å². The third-order valence-electron chi connectivity index (χ3n) is 3.97. The Morgan fingerprint density at radius 2 is 2.00 bits per heavy atom. The van der Waals surface area contributed by atoms with Gasteiger partial charge in [0.2, 0.25) is 5.91 Å². The summed E-state index contributed by atoms with van der Waals surface area (Å²) >= 11 is 0. The summed E-state index contributed by atoms with van der Waals surface area (Å²) in [4.78, 5) is 12.2. The van der Waals surface area contributed by atoms with E-state index in [2.05, 4.69) is 18.3 Å². The minimum atomic E-state index is -0.793. The summed E-state index contributed by atoms with van der Waals surface area (Å²) in [5, 5.41) is 12.2. The van der Waals surface area contributed by atoms with Crippen molar-refractivity contribution in [2.24, 2.45) is 11.3 Å². The van der Waals surface area contributed by atoms with Crippen molar-refractivity contribution in [1.29, 1.82) is 5.26 Å². The molecule has 19 heavy (non-hydrogen) atoms. The molecule has 1 amide bonds. The molecule has 100 valence electrons. The van der Waals surface area contributed by atoms with Crippen molar-refractivity contribution in [3.05, 3.63) is 35.4 Å². The predicted octanol–water partition coefficient (Wildman–Crippen LogP) is 3.11. The van der Waals surface area contributed by atoms with E-state index in [1.807, 2.05) is 38.1 Å². The second-order valence-electron chi connectivity index (χ2n) is 5.81. The van der Waals surface area contributed by atoms with Gasteiger partial charge in [0.25, 0.3) is 0 Å². The highest BCUT2D eigenvalue weighted by Crippen LogP contribution is 2.45. The van der Waals surface area contributed by atoms with E-state index in [0.29, 0.717) is 18.8 Å². The highest BCUT2D eigenvalue weighted by molar-refractivity contribution is 5.86. The van der Waals surface area contributed by atoms with E-state index in [1.165, 1.54) is 5.56 Å². The van der Waals surface area contributed by atoms with Gasteiger partial charge in [0.1, 0.15) is 5.41 Å². The Hall–Kier alpha value is -1.82. The average molecular weight is 256 g/mol. The van der Waals surface area contributed by atoms with Gasteiger partial charge in [-0.2, -0.15) is 5.26 Å². The van der Waals surface area contributed by atoms with Crippen LogP contribution in [-0.2, 0) is 4.79 Å². The SMILES string of the molecule is Cc1ccc(C(C)NC(=O)C2(C#N)CC(C)C2)cc1. The summed E-state index contributed by atoms with van der Waals surface area (Å²) in [6, 6.07) is 10.2. The molecule has 0 aromatic heterocycles. The number of carbonyl (C=O) groups excluding carboxylic acids is 1. The number of benzene rings is 1. The number of hydrogen-bond donors (Lipinski definition) is 1. The van der Waals surface area contributed by atoms with Crippen molar-refractivity contribution >= 4 is 5.91 Å². The number of carbonyl (C=O) groups is 1. The van der Waals surface area contributed by atoms with Gasteiger partial charge in [0.15, 0.2) is 0 Å². The van der Waals surface area contributed by atoms with Crippen molar-refractivity contribution in [3.63, 3.8) is 0 Å². The van der Waals surface area contributed by atoms with E-state index in [1.54, 1.807) is 0 Å². The number of aryl methyl sites for hydroxylation is 1. The Morgan fingerprint density at radius 3 is 2.47 bits per heavy atom. The van der Waals surface area contributed by atoms with Crippen molar-refractivity contribution in [2.45, 2.75) is 39.7 Å². The monoisotopic (exact) mass is 256 g/mol. The fraction of sp³-hybridized carbons (Fsp3) is 0.500. The molecule has 0 spiro atoms. The van der Waals surface area contributed by atoms with E-state index in [0.717, 1.165) is 5.56 Å². The first-order valence-corrected chi connectivity index (χ1v) is 6.75. The second-order valence-corrected chi connectivity index (χ2v) is 5.81. The maximum Gasteiger partial charge on any atom is 0.240 e. The topological polar surface area (TPSA) is 52.9 Å². The highest BCUT2D eigenvalue weighted by atomic mass is 16.2. The molecule has 1 unspecified atom stereocenters. The van der Waals surface area contributed by atoms with Gasteiger partial charge in [-0.05, 0) is 38.2 Å². The smallest absolute Gasteiger partial charge is 0.240 e. The van der Waals surface area contributed by atoms with Crippen LogP contribution in [0.25, 0.3) is 0 Å². The summed E-state index contributed by atoms with van der Waals surface area (Å²) < 4.78 is 0. The van der Waals surface area contributed by atoms with Crippen molar-refractivity contribution in [3.8, 4) is 6.07 Å². The van der Waals surface area contributed by atoms with Crippen LogP contribution in [0.5, 0.6) is 0 Å². The maximum atomic E-state index is 12.2. The van der Waals surface area contributed by atoms with Crippen molar-refractivity contribution < 1.29 is 4.79 Å². The Balaban J connectivity index is 2.03. The molecule has 1 aliphatic carbocycles. The molecule has 1 aromatic carbocycles. The van der Waals surface area contributed by atoms with Crippen LogP contribution in [0.3, 0.4) is 0 Å². The largest absolute Gasteiger partial charge is 0.348 e. The number of hydrogen-bond acceptors (Lipinski definition) is 2. The molecular formula is C16H20N2O. The van der Waals surface area contributed by atoms with Gasteiger partial charge in [-0.3, -0.25) is 4.79 Å². The zero-order chi connectivity index (χ0) is 14.0. The third kappa shape index (κ3) is 2.63. The summed E-state index contributed by atoms with van der Waals surface area (Å²) in [6.45, 7) is 6.06. The van der Waals surface area contributed by atoms with Gasteiger partial charge >= 0.3 is 0 Å². The zero-order valence-corrected chi connectivity index (χ0v) is 11.7. The molecule has 3 heteroatoms. The first kappa shape index (κ1) is 13.6. The Bertz CT molecular complexity index is 507. The van der Waals surface area contributed by atoms with Crippen LogP contribution in [0, 0.1) is 29.6 Å². The van der Waals surface area contributed by atoms with Crippen LogP contribution in [0.1, 0.15) is 43.9 Å². The van der Waals surface area contributed by atoms with Crippen molar-refractivity contribution in [1.82, 2.24) is 5.32 Å². The quantitative estimate of drug-likeness (QED) is 0.903. The van der Waals surface area contributed by atoms with Gasteiger partial charge in [-0.1, -0.05) is 36.8 Å². The average Bonchev–Trinajstić information content (AvgIpc) is 2.35. The predicted molar refractivity (Wildman–Crippen MR) is 74.2 cm³/mol. The van der Waals surface area contributed by atoms with Crippen molar-refractivity contribution in [2.75, 3.05) is 0 Å². The highest BCUT2D eigenvalue weighted by Gasteiger charge is 2.49. The molecule has 0 heterocycles. The third-order valence-corrected chi connectivity index (χ3v) is 3.97. The number of nitriles is 1. The number of nitrogens with one attached hydrogen (secondary N) is 1. The normalized spacial score (nSPS) is 26.9. The van der Waals surface area contributed by atoms with Gasteiger partial charge in [-0.15, -0.1) is 0 Å². The molecule has 1 aliphatic rings. The van der Waals surface area contributed by atoms with Crippen LogP contribution in [0.4, 0.5) is 0 Å². The Labute approximate surface area is 114 Å². The van der Waals surface area contributed by atoms with E-state index < -0.39 is 5.41 Å². The second kappa shape index (κ2) is 5.05. The first-order chi connectivity index (χ1) is 8.97. The molecule has 0 saturated heterocycles. The molecule has 1 fully saturated rings. The van der Waals surface area contributed by atoms with Gasteiger partial charge in [-0.25, -0.2) is 0 Å². The van der Waals surface area contributed by atoms with Gasteiger partial charge in [0, 0.05) is 0 Å². The molecule has 1 atom stereocenters. The van der Waals surface area contributed by atoms with Gasteiger partial charge < -0.3 is 5.32 Å². The number of nitrogens with zero attached hydrogens (tertiary/aromatic N) is 1. The fourth-order valence-electron chi connectivity index (χ4n) is 2.73. The first-order valence-electron chi connectivity index (χ1n) is 6.75. The van der Waals surface area contributed by atoms with Gasteiger partial charge in [0.05, 0.1) is 12.1 Å². The van der Waals surface area contributed by atoms with E-state index >= 15 is 0 Å². The molecule has 3 nitrogen and oxygen atoms in total.